The van der Waals surface area contributed by atoms with Crippen molar-refractivity contribution in [3.8, 4) is 0 Å². The summed E-state index contributed by atoms with van der Waals surface area (Å²) in [7, 11) is 1.86. The van der Waals surface area contributed by atoms with Gasteiger partial charge in [0, 0.05) is 17.1 Å². The Balaban J connectivity index is 1.92. The molecule has 2 N–H and O–H groups in total. The van der Waals surface area contributed by atoms with Gasteiger partial charge in [0.25, 0.3) is 11.8 Å². The van der Waals surface area contributed by atoms with Crippen molar-refractivity contribution in [2.45, 2.75) is 27.3 Å². The molecular formula is C22H30N3O2S+. The number of carbonyl (C=O) groups is 2. The molecule has 2 rings (SSSR count). The number of thiophene rings is 1. The molecule has 0 aliphatic heterocycles. The van der Waals surface area contributed by atoms with E-state index in [9.17, 15) is 9.59 Å². The Kier molecular flexibility index (Phi) is 7.96. The number of carbonyl (C=O) groups excluding carboxylic acids is 2. The van der Waals surface area contributed by atoms with Crippen molar-refractivity contribution in [2.24, 2.45) is 0 Å². The molecule has 2 amide bonds. The predicted octanol–water partition coefficient (Wildman–Crippen LogP) is 2.34. The second-order valence-corrected chi connectivity index (χ2v) is 8.31. The molecule has 5 nitrogen and oxygen atoms in total. The lowest BCUT2D eigenvalue weighted by Gasteiger charge is -2.22. The van der Waals surface area contributed by atoms with Crippen LogP contribution in [-0.4, -0.2) is 43.4 Å². The first-order valence-electron chi connectivity index (χ1n) is 9.40. The van der Waals surface area contributed by atoms with Gasteiger partial charge in [-0.2, -0.15) is 0 Å². The van der Waals surface area contributed by atoms with E-state index < -0.39 is 0 Å². The summed E-state index contributed by atoms with van der Waals surface area (Å²) in [5.41, 5.74) is 4.13. The van der Waals surface area contributed by atoms with Gasteiger partial charge in [0.15, 0.2) is 13.1 Å². The standard InChI is InChI=1S/C22H29N3O2S/c1-6-9-25(13-19-8-7-10-28-19)21(27)15-24(5)14-20(26)23-22-17(3)11-16(2)12-18(22)4/h6-8,10-12H,1,9,13-15H2,2-5H3,(H,23,26)/p+1. The maximum Gasteiger partial charge on any atom is 0.279 e. The van der Waals surface area contributed by atoms with Crippen LogP contribution in [-0.2, 0) is 16.1 Å². The first-order chi connectivity index (χ1) is 13.3. The third kappa shape index (κ3) is 6.32. The van der Waals surface area contributed by atoms with E-state index in [0.717, 1.165) is 26.6 Å². The molecule has 0 saturated carbocycles. The Morgan fingerprint density at radius 1 is 1.21 bits per heavy atom. The summed E-state index contributed by atoms with van der Waals surface area (Å²) in [6, 6.07) is 8.11. The third-order valence-electron chi connectivity index (χ3n) is 4.49. The second kappa shape index (κ2) is 10.2. The number of hydrogen-bond acceptors (Lipinski definition) is 3. The van der Waals surface area contributed by atoms with Crippen molar-refractivity contribution in [1.29, 1.82) is 0 Å². The number of aryl methyl sites for hydroxylation is 3. The lowest BCUT2D eigenvalue weighted by Crippen LogP contribution is -3.11. The monoisotopic (exact) mass is 400 g/mol. The average molecular weight is 401 g/mol. The smallest absolute Gasteiger partial charge is 0.279 e. The normalized spacial score (nSPS) is 11.7. The molecule has 0 aliphatic rings. The van der Waals surface area contributed by atoms with Crippen LogP contribution in [0.15, 0.2) is 42.3 Å². The number of nitrogens with one attached hydrogen (secondary N) is 2. The third-order valence-corrected chi connectivity index (χ3v) is 5.35. The molecule has 0 saturated heterocycles. The molecular weight excluding hydrogens is 370 g/mol. The fourth-order valence-electron chi connectivity index (χ4n) is 3.27. The largest absolute Gasteiger partial charge is 0.329 e. The zero-order chi connectivity index (χ0) is 20.7. The van der Waals surface area contributed by atoms with Crippen LogP contribution in [0.4, 0.5) is 5.69 Å². The SMILES string of the molecule is C=CCN(Cc1cccs1)C(=O)C[NH+](C)CC(=O)Nc1c(C)cc(C)cc1C. The summed E-state index contributed by atoms with van der Waals surface area (Å²) in [5, 5.41) is 5.00. The maximum absolute atomic E-state index is 12.7. The van der Waals surface area contributed by atoms with Crippen molar-refractivity contribution in [3.63, 3.8) is 0 Å². The highest BCUT2D eigenvalue weighted by Crippen LogP contribution is 2.21. The minimum absolute atomic E-state index is 0.0151. The fourth-order valence-corrected chi connectivity index (χ4v) is 3.99. The van der Waals surface area contributed by atoms with E-state index in [1.807, 2.05) is 45.3 Å². The molecule has 1 aromatic heterocycles. The summed E-state index contributed by atoms with van der Waals surface area (Å²) in [6.07, 6.45) is 1.73. The number of anilines is 1. The van der Waals surface area contributed by atoms with E-state index in [0.29, 0.717) is 13.1 Å². The van der Waals surface area contributed by atoms with Crippen LogP contribution in [0, 0.1) is 20.8 Å². The van der Waals surface area contributed by atoms with Crippen molar-refractivity contribution < 1.29 is 14.5 Å². The zero-order valence-corrected chi connectivity index (χ0v) is 18.0. The first kappa shape index (κ1) is 21.9. The zero-order valence-electron chi connectivity index (χ0n) is 17.2. The predicted molar refractivity (Wildman–Crippen MR) is 116 cm³/mol. The van der Waals surface area contributed by atoms with Crippen LogP contribution in [0.3, 0.4) is 0 Å². The maximum atomic E-state index is 12.7. The second-order valence-electron chi connectivity index (χ2n) is 7.27. The van der Waals surface area contributed by atoms with E-state index >= 15 is 0 Å². The van der Waals surface area contributed by atoms with E-state index in [1.165, 1.54) is 5.56 Å². The number of benzene rings is 1. The van der Waals surface area contributed by atoms with Crippen molar-refractivity contribution in [2.75, 3.05) is 32.0 Å². The summed E-state index contributed by atoms with van der Waals surface area (Å²) < 4.78 is 0. The molecule has 0 radical (unpaired) electrons. The van der Waals surface area contributed by atoms with Gasteiger partial charge in [0.2, 0.25) is 0 Å². The number of hydrogen-bond donors (Lipinski definition) is 2. The van der Waals surface area contributed by atoms with Crippen LogP contribution in [0.1, 0.15) is 21.6 Å². The minimum Gasteiger partial charge on any atom is -0.329 e. The molecule has 150 valence electrons. The summed E-state index contributed by atoms with van der Waals surface area (Å²) >= 11 is 1.63. The Hall–Kier alpha value is -2.44. The van der Waals surface area contributed by atoms with Crippen LogP contribution in [0.25, 0.3) is 0 Å². The number of quaternary nitrogens is 1. The lowest BCUT2D eigenvalue weighted by molar-refractivity contribution is -0.862. The number of nitrogens with zero attached hydrogens (tertiary/aromatic N) is 1. The quantitative estimate of drug-likeness (QED) is 0.635. The van der Waals surface area contributed by atoms with Gasteiger partial charge in [-0.3, -0.25) is 9.59 Å². The Morgan fingerprint density at radius 3 is 2.46 bits per heavy atom. The Morgan fingerprint density at radius 2 is 1.89 bits per heavy atom. The van der Waals surface area contributed by atoms with Crippen molar-refractivity contribution in [3.05, 3.63) is 63.9 Å². The van der Waals surface area contributed by atoms with Gasteiger partial charge >= 0.3 is 0 Å². The van der Waals surface area contributed by atoms with E-state index in [2.05, 4.69) is 24.0 Å². The van der Waals surface area contributed by atoms with Gasteiger partial charge in [0.05, 0.1) is 13.6 Å². The van der Waals surface area contributed by atoms with Crippen molar-refractivity contribution >= 4 is 28.8 Å². The Bertz CT molecular complexity index is 807. The number of likely N-dealkylation sites (N-methyl/N-ethyl adjacent to an activating group) is 1. The molecule has 0 fully saturated rings. The highest BCUT2D eigenvalue weighted by Gasteiger charge is 2.20. The summed E-state index contributed by atoms with van der Waals surface area (Å²) in [4.78, 5) is 28.9. The topological polar surface area (TPSA) is 53.9 Å². The minimum atomic E-state index is -0.0890. The molecule has 0 bridgehead atoms. The van der Waals surface area contributed by atoms with Crippen LogP contribution in [0.2, 0.25) is 0 Å². The summed E-state index contributed by atoms with van der Waals surface area (Å²) in [6.45, 7) is 11.3. The van der Waals surface area contributed by atoms with Gasteiger partial charge in [-0.05, 0) is 43.3 Å². The molecule has 1 heterocycles. The van der Waals surface area contributed by atoms with Gasteiger partial charge in [0.1, 0.15) is 0 Å². The van der Waals surface area contributed by atoms with Gasteiger partial charge in [-0.25, -0.2) is 0 Å². The highest BCUT2D eigenvalue weighted by molar-refractivity contribution is 7.09. The number of rotatable bonds is 9. The number of amides is 2. The molecule has 28 heavy (non-hydrogen) atoms. The van der Waals surface area contributed by atoms with E-state index in [1.54, 1.807) is 22.3 Å². The molecule has 1 atom stereocenters. The van der Waals surface area contributed by atoms with Gasteiger partial charge in [-0.15, -0.1) is 17.9 Å². The summed E-state index contributed by atoms with van der Waals surface area (Å²) in [5.74, 6) is -0.0739. The average Bonchev–Trinajstić information content (AvgIpc) is 3.10. The fraction of sp³-hybridized carbons (Fsp3) is 0.364. The van der Waals surface area contributed by atoms with Crippen LogP contribution < -0.4 is 10.2 Å². The lowest BCUT2D eigenvalue weighted by atomic mass is 10.1. The van der Waals surface area contributed by atoms with Crippen molar-refractivity contribution in [1.82, 2.24) is 4.90 Å². The van der Waals surface area contributed by atoms with Gasteiger partial charge in [-0.1, -0.05) is 29.8 Å². The highest BCUT2D eigenvalue weighted by atomic mass is 32.1. The van der Waals surface area contributed by atoms with E-state index in [4.69, 9.17) is 0 Å². The first-order valence-corrected chi connectivity index (χ1v) is 10.3. The molecule has 0 aliphatic carbocycles. The van der Waals surface area contributed by atoms with Crippen LogP contribution in [0.5, 0.6) is 0 Å². The molecule has 1 aromatic carbocycles. The van der Waals surface area contributed by atoms with E-state index in [-0.39, 0.29) is 24.9 Å². The molecule has 0 spiro atoms. The molecule has 2 aromatic rings. The molecule has 6 heteroatoms. The Labute approximate surface area is 171 Å². The molecule has 1 unspecified atom stereocenters. The van der Waals surface area contributed by atoms with Gasteiger partial charge < -0.3 is 15.1 Å². The van der Waals surface area contributed by atoms with Crippen LogP contribution >= 0.6 is 11.3 Å².